The highest BCUT2D eigenvalue weighted by Crippen LogP contribution is 2.22. The molecule has 20 heavy (non-hydrogen) atoms. The summed E-state index contributed by atoms with van der Waals surface area (Å²) in [5.74, 6) is -0.0631. The third-order valence-corrected chi connectivity index (χ3v) is 4.43. The molecule has 3 aromatic rings. The Kier molecular flexibility index (Phi) is 3.74. The highest BCUT2D eigenvalue weighted by Gasteiger charge is 2.06. The van der Waals surface area contributed by atoms with Crippen LogP contribution in [-0.4, -0.2) is 15.2 Å². The molecule has 100 valence electrons. The van der Waals surface area contributed by atoms with Crippen LogP contribution in [0.15, 0.2) is 47.2 Å². The minimum absolute atomic E-state index is 0.0631. The maximum absolute atomic E-state index is 12.0. The van der Waals surface area contributed by atoms with Gasteiger partial charge in [0, 0.05) is 10.7 Å². The third-order valence-electron chi connectivity index (χ3n) is 2.72. The summed E-state index contributed by atoms with van der Waals surface area (Å²) in [6.07, 6.45) is 6.93. The third kappa shape index (κ3) is 2.70. The van der Waals surface area contributed by atoms with E-state index in [9.17, 15) is 4.79 Å². The molecule has 0 saturated carbocycles. The van der Waals surface area contributed by atoms with Gasteiger partial charge in [-0.2, -0.15) is 0 Å². The van der Waals surface area contributed by atoms with Crippen LogP contribution in [0.5, 0.6) is 0 Å². The molecule has 0 aromatic carbocycles. The fraction of sp³-hybridized carbons (Fsp3) is 0. The molecule has 0 aliphatic heterocycles. The van der Waals surface area contributed by atoms with Crippen LogP contribution in [0, 0.1) is 0 Å². The highest BCUT2D eigenvalue weighted by atomic mass is 79.9. The van der Waals surface area contributed by atoms with E-state index in [2.05, 4.69) is 20.9 Å². The number of hydrogen-bond donors (Lipinski definition) is 0. The van der Waals surface area contributed by atoms with Crippen LogP contribution in [0.25, 0.3) is 11.7 Å². The van der Waals surface area contributed by atoms with Crippen molar-refractivity contribution in [2.75, 3.05) is 0 Å². The highest BCUT2D eigenvalue weighted by molar-refractivity contribution is 9.10. The summed E-state index contributed by atoms with van der Waals surface area (Å²) in [7, 11) is 0. The van der Waals surface area contributed by atoms with E-state index < -0.39 is 0 Å². The van der Waals surface area contributed by atoms with Crippen LogP contribution in [0.4, 0.5) is 0 Å². The molecular weight excluding hydrogens is 360 g/mol. The van der Waals surface area contributed by atoms with Gasteiger partial charge in [0.15, 0.2) is 5.78 Å². The zero-order chi connectivity index (χ0) is 14.1. The number of carbonyl (C=O) groups excluding carboxylic acids is 1. The van der Waals surface area contributed by atoms with Crippen molar-refractivity contribution in [2.24, 2.45) is 0 Å². The number of hydrogen-bond acceptors (Lipinski definition) is 3. The first-order valence-electron chi connectivity index (χ1n) is 5.74. The van der Waals surface area contributed by atoms with E-state index in [1.54, 1.807) is 24.4 Å². The van der Waals surface area contributed by atoms with Crippen molar-refractivity contribution in [2.45, 2.75) is 0 Å². The molecule has 0 saturated heterocycles. The molecule has 0 unspecified atom stereocenters. The van der Waals surface area contributed by atoms with E-state index in [0.717, 1.165) is 15.8 Å². The van der Waals surface area contributed by atoms with Crippen LogP contribution in [0.2, 0.25) is 4.34 Å². The van der Waals surface area contributed by atoms with Crippen LogP contribution >= 0.6 is 38.9 Å². The average molecular weight is 368 g/mol. The molecule has 6 heteroatoms. The molecule has 3 nitrogen and oxygen atoms in total. The monoisotopic (exact) mass is 366 g/mol. The van der Waals surface area contributed by atoms with E-state index >= 15 is 0 Å². The number of pyridine rings is 1. The second-order valence-corrected chi connectivity index (χ2v) is 6.69. The van der Waals surface area contributed by atoms with Gasteiger partial charge in [0.1, 0.15) is 5.65 Å². The quantitative estimate of drug-likeness (QED) is 0.496. The number of thiophene rings is 1. The Balaban J connectivity index is 1.91. The summed E-state index contributed by atoms with van der Waals surface area (Å²) in [6.45, 7) is 0. The van der Waals surface area contributed by atoms with Crippen molar-refractivity contribution >= 4 is 56.4 Å². The normalized spacial score (nSPS) is 11.5. The molecule has 0 radical (unpaired) electrons. The fourth-order valence-corrected chi connectivity index (χ4v) is 3.09. The molecule has 0 aliphatic carbocycles. The Morgan fingerprint density at radius 2 is 2.20 bits per heavy atom. The Bertz CT molecular complexity index is 822. The minimum Gasteiger partial charge on any atom is -0.299 e. The number of ketones is 1. The molecule has 3 heterocycles. The summed E-state index contributed by atoms with van der Waals surface area (Å²) in [4.78, 5) is 16.9. The first-order chi connectivity index (χ1) is 9.63. The van der Waals surface area contributed by atoms with Gasteiger partial charge in [-0.25, -0.2) is 4.98 Å². The summed E-state index contributed by atoms with van der Waals surface area (Å²) in [6, 6.07) is 7.28. The van der Waals surface area contributed by atoms with Crippen molar-refractivity contribution in [3.8, 4) is 0 Å². The van der Waals surface area contributed by atoms with Gasteiger partial charge >= 0.3 is 0 Å². The van der Waals surface area contributed by atoms with Crippen molar-refractivity contribution in [3.63, 3.8) is 0 Å². The summed E-state index contributed by atoms with van der Waals surface area (Å²) in [5.41, 5.74) is 1.68. The topological polar surface area (TPSA) is 34.4 Å². The number of allylic oxidation sites excluding steroid dienone is 1. The number of halogens is 2. The Morgan fingerprint density at radius 3 is 2.95 bits per heavy atom. The standard InChI is InChI=1S/C14H8BrClN2OS/c15-9-1-6-14-17-7-10(18(14)8-9)2-3-11(19)12-4-5-13(16)20-12/h1-8H/b3-2+. The summed E-state index contributed by atoms with van der Waals surface area (Å²) >= 11 is 10.5. The molecule has 3 rings (SSSR count). The van der Waals surface area contributed by atoms with Gasteiger partial charge in [0.25, 0.3) is 0 Å². The zero-order valence-corrected chi connectivity index (χ0v) is 13.2. The molecular formula is C14H8BrClN2OS. The second-order valence-electron chi connectivity index (χ2n) is 4.06. The van der Waals surface area contributed by atoms with E-state index in [1.807, 2.05) is 22.7 Å². The smallest absolute Gasteiger partial charge is 0.195 e. The van der Waals surface area contributed by atoms with Gasteiger partial charge < -0.3 is 0 Å². The minimum atomic E-state index is -0.0631. The van der Waals surface area contributed by atoms with E-state index in [4.69, 9.17) is 11.6 Å². The number of fused-ring (bicyclic) bond motifs is 1. The lowest BCUT2D eigenvalue weighted by Crippen LogP contribution is -1.90. The van der Waals surface area contributed by atoms with Gasteiger partial charge in [0.2, 0.25) is 0 Å². The van der Waals surface area contributed by atoms with Gasteiger partial charge in [-0.15, -0.1) is 11.3 Å². The maximum Gasteiger partial charge on any atom is 0.195 e. The number of aromatic nitrogens is 2. The predicted molar refractivity (Wildman–Crippen MR) is 85.6 cm³/mol. The molecule has 0 aliphatic rings. The molecule has 3 aromatic heterocycles. The first-order valence-corrected chi connectivity index (χ1v) is 7.72. The van der Waals surface area contributed by atoms with Crippen molar-refractivity contribution < 1.29 is 4.79 Å². The molecule has 0 atom stereocenters. The van der Waals surface area contributed by atoms with Gasteiger partial charge in [-0.1, -0.05) is 11.6 Å². The number of rotatable bonds is 3. The Morgan fingerprint density at radius 1 is 1.35 bits per heavy atom. The van der Waals surface area contributed by atoms with Crippen LogP contribution in [0.3, 0.4) is 0 Å². The molecule has 0 amide bonds. The van der Waals surface area contributed by atoms with Crippen molar-refractivity contribution in [1.29, 1.82) is 0 Å². The average Bonchev–Trinajstić information content (AvgIpc) is 3.02. The van der Waals surface area contributed by atoms with Crippen LogP contribution in [0.1, 0.15) is 15.4 Å². The van der Waals surface area contributed by atoms with E-state index in [0.29, 0.717) is 9.21 Å². The lowest BCUT2D eigenvalue weighted by atomic mass is 10.3. The lowest BCUT2D eigenvalue weighted by molar-refractivity contribution is 0.105. The molecule has 0 bridgehead atoms. The van der Waals surface area contributed by atoms with Gasteiger partial charge in [0.05, 0.1) is 21.1 Å². The van der Waals surface area contributed by atoms with E-state index in [1.165, 1.54) is 17.4 Å². The predicted octanol–water partition coefficient (Wildman–Crippen LogP) is 4.71. The van der Waals surface area contributed by atoms with Gasteiger partial charge in [-0.3, -0.25) is 9.20 Å². The molecule has 0 N–H and O–H groups in total. The summed E-state index contributed by atoms with van der Waals surface area (Å²) in [5, 5.41) is 0. The Hall–Kier alpha value is -1.43. The summed E-state index contributed by atoms with van der Waals surface area (Å²) < 4.78 is 3.48. The van der Waals surface area contributed by atoms with Crippen molar-refractivity contribution in [1.82, 2.24) is 9.38 Å². The van der Waals surface area contributed by atoms with Crippen LogP contribution < -0.4 is 0 Å². The lowest BCUT2D eigenvalue weighted by Gasteiger charge is -1.97. The first kappa shape index (κ1) is 13.5. The van der Waals surface area contributed by atoms with E-state index in [-0.39, 0.29) is 5.78 Å². The second kappa shape index (κ2) is 5.52. The molecule has 0 spiro atoms. The SMILES string of the molecule is O=C(/C=C/c1cnc2ccc(Br)cn12)c1ccc(Cl)s1. The molecule has 0 fully saturated rings. The largest absolute Gasteiger partial charge is 0.299 e. The van der Waals surface area contributed by atoms with Crippen LogP contribution in [-0.2, 0) is 0 Å². The fourth-order valence-electron chi connectivity index (χ4n) is 1.79. The number of imidazole rings is 1. The van der Waals surface area contributed by atoms with Gasteiger partial charge in [-0.05, 0) is 52.3 Å². The maximum atomic E-state index is 12.0. The number of nitrogens with zero attached hydrogens (tertiary/aromatic N) is 2. The Labute approximate surface area is 132 Å². The van der Waals surface area contributed by atoms with Crippen molar-refractivity contribution in [3.05, 3.63) is 62.1 Å². The number of carbonyl (C=O) groups is 1. The zero-order valence-electron chi connectivity index (χ0n) is 10.1.